The fraction of sp³-hybridized carbons (Fsp3) is 0.0714. The Bertz CT molecular complexity index is 731. The molecule has 0 bridgehead atoms. The Balaban J connectivity index is 1.51. The molecule has 0 saturated carbocycles. The van der Waals surface area contributed by atoms with Gasteiger partial charge in [0.05, 0.1) is 12.0 Å². The molecular formula is C14H13N4OS2+. The topological polar surface area (TPSA) is 71.4 Å². The molecule has 0 radical (unpaired) electrons. The van der Waals surface area contributed by atoms with E-state index >= 15 is 0 Å². The summed E-state index contributed by atoms with van der Waals surface area (Å²) in [7, 11) is 0. The monoisotopic (exact) mass is 317 g/mol. The smallest absolute Gasteiger partial charge is 0.272 e. The van der Waals surface area contributed by atoms with Crippen molar-refractivity contribution in [2.75, 3.05) is 5.75 Å². The van der Waals surface area contributed by atoms with Crippen LogP contribution < -0.4 is 10.4 Å². The molecule has 0 spiro atoms. The number of thiophene rings is 1. The summed E-state index contributed by atoms with van der Waals surface area (Å²) in [6, 6.07) is 11.8. The van der Waals surface area contributed by atoms with E-state index in [1.807, 2.05) is 41.8 Å². The van der Waals surface area contributed by atoms with E-state index in [9.17, 15) is 4.79 Å². The molecule has 3 aromatic rings. The molecule has 1 aromatic carbocycles. The van der Waals surface area contributed by atoms with Crippen LogP contribution in [0.25, 0.3) is 11.0 Å². The van der Waals surface area contributed by atoms with Crippen LogP contribution in [0.15, 0.2) is 52.0 Å². The van der Waals surface area contributed by atoms with Gasteiger partial charge in [0.15, 0.2) is 11.0 Å². The van der Waals surface area contributed by atoms with Gasteiger partial charge in [0.1, 0.15) is 0 Å². The van der Waals surface area contributed by atoms with Crippen molar-refractivity contribution in [1.82, 2.24) is 10.4 Å². The number of thioether (sulfide) groups is 1. The average molecular weight is 317 g/mol. The lowest BCUT2D eigenvalue weighted by Gasteiger charge is -1.95. The zero-order chi connectivity index (χ0) is 14.5. The fourth-order valence-corrected chi connectivity index (χ4v) is 3.04. The number of hydrogen-bond donors (Lipinski definition) is 2. The first kappa shape index (κ1) is 13.8. The minimum Gasteiger partial charge on any atom is -0.272 e. The van der Waals surface area contributed by atoms with E-state index in [1.54, 1.807) is 17.6 Å². The van der Waals surface area contributed by atoms with Gasteiger partial charge in [-0.1, -0.05) is 18.2 Å². The van der Waals surface area contributed by atoms with Crippen molar-refractivity contribution in [2.45, 2.75) is 5.16 Å². The second-order valence-corrected chi connectivity index (χ2v) is 6.19. The van der Waals surface area contributed by atoms with Crippen LogP contribution in [0, 0.1) is 0 Å². The molecule has 0 atom stereocenters. The van der Waals surface area contributed by atoms with E-state index < -0.39 is 0 Å². The first-order valence-corrected chi connectivity index (χ1v) is 8.16. The number of carbonyl (C=O) groups excluding carboxylic acids is 1. The van der Waals surface area contributed by atoms with Crippen molar-refractivity contribution in [3.63, 3.8) is 0 Å². The highest BCUT2D eigenvalue weighted by molar-refractivity contribution is 7.99. The second-order valence-electron chi connectivity index (χ2n) is 4.22. The average Bonchev–Trinajstić information content (AvgIpc) is 3.13. The van der Waals surface area contributed by atoms with Gasteiger partial charge in [-0.25, -0.2) is 15.4 Å². The lowest BCUT2D eigenvalue weighted by Crippen LogP contribution is -2.20. The van der Waals surface area contributed by atoms with Gasteiger partial charge in [-0.2, -0.15) is 5.10 Å². The van der Waals surface area contributed by atoms with Crippen LogP contribution in [0.1, 0.15) is 4.88 Å². The fourth-order valence-electron chi connectivity index (χ4n) is 1.75. The van der Waals surface area contributed by atoms with Gasteiger partial charge < -0.3 is 0 Å². The standard InChI is InChI=1S/C14H12N4OS2/c19-13(18-15-8-10-4-3-7-20-10)9-21-14-16-11-5-1-2-6-12(11)17-14/h1-8H,9H2,(H,16,17)(H,18,19)/p+1. The second kappa shape index (κ2) is 6.55. The van der Waals surface area contributed by atoms with Crippen molar-refractivity contribution in [1.29, 1.82) is 0 Å². The van der Waals surface area contributed by atoms with Crippen molar-refractivity contribution >= 4 is 46.3 Å². The molecular weight excluding hydrogens is 304 g/mol. The highest BCUT2D eigenvalue weighted by Gasteiger charge is 2.11. The highest BCUT2D eigenvalue weighted by atomic mass is 32.2. The van der Waals surface area contributed by atoms with E-state index in [0.717, 1.165) is 21.1 Å². The number of carbonyl (C=O) groups is 1. The van der Waals surface area contributed by atoms with Gasteiger partial charge in [-0.15, -0.1) is 11.3 Å². The third kappa shape index (κ3) is 3.71. The van der Waals surface area contributed by atoms with E-state index in [2.05, 4.69) is 20.5 Å². The van der Waals surface area contributed by atoms with Gasteiger partial charge in [0, 0.05) is 4.88 Å². The molecule has 7 heteroatoms. The number of hydrogen-bond acceptors (Lipinski definition) is 4. The molecule has 5 nitrogen and oxygen atoms in total. The number of rotatable bonds is 5. The van der Waals surface area contributed by atoms with Crippen molar-refractivity contribution in [3.8, 4) is 0 Å². The first-order valence-electron chi connectivity index (χ1n) is 6.29. The molecule has 0 fully saturated rings. The lowest BCUT2D eigenvalue weighted by molar-refractivity contribution is -0.396. The van der Waals surface area contributed by atoms with Crippen LogP contribution in [0.5, 0.6) is 0 Å². The van der Waals surface area contributed by atoms with Gasteiger partial charge in [0.25, 0.3) is 5.91 Å². The van der Waals surface area contributed by atoms with Gasteiger partial charge in [0.2, 0.25) is 0 Å². The van der Waals surface area contributed by atoms with Crippen molar-refractivity contribution in [3.05, 3.63) is 46.7 Å². The number of imidazole rings is 1. The van der Waals surface area contributed by atoms with Gasteiger partial charge >= 0.3 is 5.16 Å². The Morgan fingerprint density at radius 1 is 1.38 bits per heavy atom. The number of hydrazone groups is 1. The Morgan fingerprint density at radius 2 is 2.29 bits per heavy atom. The van der Waals surface area contributed by atoms with E-state index in [0.29, 0.717) is 5.75 Å². The Morgan fingerprint density at radius 3 is 3.10 bits per heavy atom. The molecule has 3 rings (SSSR count). The summed E-state index contributed by atoms with van der Waals surface area (Å²) < 4.78 is 0. The summed E-state index contributed by atoms with van der Waals surface area (Å²) in [6.07, 6.45) is 1.64. The number of amides is 1. The number of aromatic amines is 2. The molecule has 2 heterocycles. The summed E-state index contributed by atoms with van der Waals surface area (Å²) in [5.41, 5.74) is 4.56. The Labute approximate surface area is 129 Å². The van der Waals surface area contributed by atoms with Gasteiger partial charge in [-0.05, 0) is 35.3 Å². The maximum Gasteiger partial charge on any atom is 0.315 e. The largest absolute Gasteiger partial charge is 0.315 e. The quantitative estimate of drug-likeness (QED) is 0.430. The normalized spacial score (nSPS) is 11.2. The molecule has 1 amide bonds. The number of nitrogens with zero attached hydrogens (tertiary/aromatic N) is 1. The molecule has 0 aliphatic carbocycles. The predicted molar refractivity (Wildman–Crippen MR) is 85.6 cm³/mol. The molecule has 0 aliphatic heterocycles. The van der Waals surface area contributed by atoms with E-state index in [4.69, 9.17) is 0 Å². The highest BCUT2D eigenvalue weighted by Crippen LogP contribution is 2.14. The van der Waals surface area contributed by atoms with E-state index in [1.165, 1.54) is 11.8 Å². The van der Waals surface area contributed by atoms with Crippen molar-refractivity contribution in [2.24, 2.45) is 5.10 Å². The summed E-state index contributed by atoms with van der Waals surface area (Å²) in [5, 5.41) is 6.74. The lowest BCUT2D eigenvalue weighted by atomic mass is 10.3. The maximum atomic E-state index is 11.7. The summed E-state index contributed by atoms with van der Waals surface area (Å²) in [5.74, 6) is 0.158. The van der Waals surface area contributed by atoms with Crippen LogP contribution >= 0.6 is 23.1 Å². The number of para-hydroxylation sites is 2. The van der Waals surface area contributed by atoms with Crippen LogP contribution in [-0.4, -0.2) is 22.9 Å². The minimum atomic E-state index is -0.139. The molecule has 0 aliphatic rings. The SMILES string of the molecule is O=C(CSc1[nH]c2ccccc2[nH+]1)NN=Cc1cccs1. The molecule has 3 N–H and O–H groups in total. The first-order chi connectivity index (χ1) is 10.3. The summed E-state index contributed by atoms with van der Waals surface area (Å²) >= 11 is 2.98. The number of fused-ring (bicyclic) bond motifs is 1. The summed E-state index contributed by atoms with van der Waals surface area (Å²) in [6.45, 7) is 0. The number of benzene rings is 1. The van der Waals surface area contributed by atoms with Crippen LogP contribution in [0.3, 0.4) is 0 Å². The molecule has 106 valence electrons. The third-order valence-electron chi connectivity index (χ3n) is 2.70. The Kier molecular flexibility index (Phi) is 4.32. The number of aromatic nitrogens is 2. The molecule has 0 saturated heterocycles. The number of H-pyrrole nitrogens is 2. The molecule has 21 heavy (non-hydrogen) atoms. The minimum absolute atomic E-state index is 0.139. The number of nitrogens with one attached hydrogen (secondary N) is 3. The maximum absolute atomic E-state index is 11.7. The van der Waals surface area contributed by atoms with Crippen LogP contribution in [0.2, 0.25) is 0 Å². The zero-order valence-corrected chi connectivity index (χ0v) is 12.6. The molecule has 2 aromatic heterocycles. The van der Waals surface area contributed by atoms with Crippen LogP contribution in [0.4, 0.5) is 0 Å². The molecule has 0 unspecified atom stereocenters. The van der Waals surface area contributed by atoms with Gasteiger partial charge in [-0.3, -0.25) is 4.79 Å². The van der Waals surface area contributed by atoms with Crippen LogP contribution in [-0.2, 0) is 4.79 Å². The zero-order valence-electron chi connectivity index (χ0n) is 11.0. The van der Waals surface area contributed by atoms with Crippen molar-refractivity contribution < 1.29 is 9.78 Å². The van der Waals surface area contributed by atoms with E-state index in [-0.39, 0.29) is 5.91 Å². The Hall–Kier alpha value is -2.12. The third-order valence-corrected chi connectivity index (χ3v) is 4.40. The summed E-state index contributed by atoms with van der Waals surface area (Å²) in [4.78, 5) is 19.1. The predicted octanol–water partition coefficient (Wildman–Crippen LogP) is 2.29.